The number of hydrogen-bond donors (Lipinski definition) is 6. The van der Waals surface area contributed by atoms with Crippen LogP contribution >= 0.6 is 11.8 Å². The lowest BCUT2D eigenvalue weighted by atomic mass is 10.0. The third-order valence-corrected chi connectivity index (χ3v) is 6.96. The number of carboxylic acid groups (broad SMARTS) is 1. The maximum absolute atomic E-state index is 13.0. The van der Waals surface area contributed by atoms with Gasteiger partial charge < -0.3 is 36.5 Å². The number of hydrogen-bond acceptors (Lipinski definition) is 7. The Bertz CT molecular complexity index is 1090. The number of aliphatic carboxylic acids is 1. The third-order valence-electron chi connectivity index (χ3n) is 6.31. The van der Waals surface area contributed by atoms with Gasteiger partial charge in [-0.3, -0.25) is 14.4 Å². The molecule has 1 aromatic heterocycles. The number of carbonyl (C=O) groups excluding carboxylic acids is 3. The van der Waals surface area contributed by atoms with Gasteiger partial charge in [-0.2, -0.15) is 11.8 Å². The summed E-state index contributed by atoms with van der Waals surface area (Å²) in [6, 6.07) is 3.46. The highest BCUT2D eigenvalue weighted by molar-refractivity contribution is 7.98. The summed E-state index contributed by atoms with van der Waals surface area (Å²) in [6.45, 7) is -0.464. The smallest absolute Gasteiger partial charge is 0.326 e. The minimum absolute atomic E-state index is 0.234. The van der Waals surface area contributed by atoms with Crippen molar-refractivity contribution in [2.75, 3.05) is 25.2 Å². The molecule has 0 radical (unpaired) electrons. The normalized spacial score (nSPS) is 18.0. The number of H-pyrrole nitrogens is 1. The Balaban J connectivity index is 1.65. The standard InChI is InChI=1S/C24H33N5O6S/c1-36-10-8-18(22(32)28-19(13-30)23(33)29-9-4-7-20(29)24(34)35)27-21(31)16(25)11-14-12-26-17-6-3-2-5-15(14)17/h2-3,5-6,12,16,18-20,26,30H,4,7-11,13,25H2,1H3,(H,27,31)(H,28,32)(H,34,35). The van der Waals surface area contributed by atoms with Gasteiger partial charge in [0.15, 0.2) is 0 Å². The number of rotatable bonds is 12. The number of aromatic nitrogens is 1. The molecule has 1 aliphatic heterocycles. The molecule has 3 rings (SSSR count). The molecule has 7 N–H and O–H groups in total. The summed E-state index contributed by atoms with van der Waals surface area (Å²) in [5.74, 6) is -2.39. The average Bonchev–Trinajstić information content (AvgIpc) is 3.52. The van der Waals surface area contributed by atoms with Gasteiger partial charge in [0.25, 0.3) is 0 Å². The van der Waals surface area contributed by atoms with Crippen molar-refractivity contribution >= 4 is 46.4 Å². The van der Waals surface area contributed by atoms with Crippen LogP contribution in [0.5, 0.6) is 0 Å². The molecule has 4 unspecified atom stereocenters. The number of aliphatic hydroxyl groups is 1. The van der Waals surface area contributed by atoms with Crippen LogP contribution in [0.25, 0.3) is 10.9 Å². The predicted molar refractivity (Wildman–Crippen MR) is 136 cm³/mol. The van der Waals surface area contributed by atoms with Gasteiger partial charge in [0.05, 0.1) is 12.6 Å². The number of amides is 3. The summed E-state index contributed by atoms with van der Waals surface area (Å²) in [6.07, 6.45) is 5.04. The highest BCUT2D eigenvalue weighted by Crippen LogP contribution is 2.20. The Morgan fingerprint density at radius 3 is 2.61 bits per heavy atom. The van der Waals surface area contributed by atoms with Crippen LogP contribution in [-0.4, -0.2) is 93.1 Å². The highest BCUT2D eigenvalue weighted by Gasteiger charge is 2.38. The van der Waals surface area contributed by atoms with E-state index in [0.717, 1.165) is 21.4 Å². The number of aliphatic hydroxyl groups excluding tert-OH is 1. The van der Waals surface area contributed by atoms with E-state index in [-0.39, 0.29) is 19.4 Å². The highest BCUT2D eigenvalue weighted by atomic mass is 32.2. The number of carboxylic acids is 1. The number of thioether (sulfide) groups is 1. The van der Waals surface area contributed by atoms with Gasteiger partial charge in [-0.25, -0.2) is 4.79 Å². The number of nitrogens with one attached hydrogen (secondary N) is 3. The van der Waals surface area contributed by atoms with Crippen molar-refractivity contribution in [3.05, 3.63) is 36.0 Å². The first-order valence-electron chi connectivity index (χ1n) is 11.8. The number of carbonyl (C=O) groups is 4. The molecule has 196 valence electrons. The molecular formula is C24H33N5O6S. The van der Waals surface area contributed by atoms with E-state index in [1.54, 1.807) is 6.20 Å². The van der Waals surface area contributed by atoms with E-state index in [4.69, 9.17) is 5.73 Å². The Kier molecular flexibility index (Phi) is 9.73. The molecule has 1 aliphatic rings. The molecule has 3 amide bonds. The number of fused-ring (bicyclic) bond motifs is 1. The van der Waals surface area contributed by atoms with Gasteiger partial charge in [-0.05, 0) is 49.3 Å². The molecule has 2 aromatic rings. The zero-order valence-corrected chi connectivity index (χ0v) is 20.9. The van der Waals surface area contributed by atoms with Crippen LogP contribution in [0.4, 0.5) is 0 Å². The van der Waals surface area contributed by atoms with Crippen LogP contribution in [0.1, 0.15) is 24.8 Å². The molecular weight excluding hydrogens is 486 g/mol. The Labute approximate surface area is 213 Å². The molecule has 4 atom stereocenters. The van der Waals surface area contributed by atoms with Crippen LogP contribution in [-0.2, 0) is 25.6 Å². The van der Waals surface area contributed by atoms with Gasteiger partial charge in [-0.15, -0.1) is 0 Å². The van der Waals surface area contributed by atoms with Crippen molar-refractivity contribution in [2.45, 2.75) is 49.9 Å². The maximum atomic E-state index is 13.0. The number of benzene rings is 1. The van der Waals surface area contributed by atoms with Crippen molar-refractivity contribution < 1.29 is 29.4 Å². The Morgan fingerprint density at radius 2 is 1.92 bits per heavy atom. The fourth-order valence-electron chi connectivity index (χ4n) is 4.36. The van der Waals surface area contributed by atoms with Gasteiger partial charge in [0.2, 0.25) is 17.7 Å². The summed E-state index contributed by atoms with van der Waals surface area (Å²) >= 11 is 1.49. The van der Waals surface area contributed by atoms with Crippen molar-refractivity contribution in [2.24, 2.45) is 5.73 Å². The monoisotopic (exact) mass is 519 g/mol. The minimum atomic E-state index is -1.31. The quantitative estimate of drug-likeness (QED) is 0.224. The summed E-state index contributed by atoms with van der Waals surface area (Å²) < 4.78 is 0. The molecule has 0 spiro atoms. The number of nitrogens with two attached hydrogens (primary N) is 1. The number of aromatic amines is 1. The van der Waals surface area contributed by atoms with Crippen molar-refractivity contribution in [1.82, 2.24) is 20.5 Å². The van der Waals surface area contributed by atoms with Gasteiger partial charge in [0.1, 0.15) is 18.1 Å². The summed E-state index contributed by atoms with van der Waals surface area (Å²) in [7, 11) is 0. The van der Waals surface area contributed by atoms with E-state index in [9.17, 15) is 29.4 Å². The second-order valence-corrected chi connectivity index (χ2v) is 9.77. The molecule has 11 nitrogen and oxygen atoms in total. The Hall–Kier alpha value is -3.09. The molecule has 0 aliphatic carbocycles. The average molecular weight is 520 g/mol. The van der Waals surface area contributed by atoms with Crippen LogP contribution in [0.15, 0.2) is 30.5 Å². The van der Waals surface area contributed by atoms with Crippen LogP contribution in [0.3, 0.4) is 0 Å². The lowest BCUT2D eigenvalue weighted by Gasteiger charge is -2.28. The lowest BCUT2D eigenvalue weighted by Crippen LogP contribution is -2.58. The molecule has 2 heterocycles. The van der Waals surface area contributed by atoms with Gasteiger partial charge >= 0.3 is 5.97 Å². The van der Waals surface area contributed by atoms with E-state index < -0.39 is 54.5 Å². The zero-order chi connectivity index (χ0) is 26.2. The maximum Gasteiger partial charge on any atom is 0.326 e. The summed E-state index contributed by atoms with van der Waals surface area (Å²) in [5.41, 5.74) is 7.97. The zero-order valence-electron chi connectivity index (χ0n) is 20.1. The van der Waals surface area contributed by atoms with E-state index >= 15 is 0 Å². The van der Waals surface area contributed by atoms with Crippen molar-refractivity contribution in [1.29, 1.82) is 0 Å². The van der Waals surface area contributed by atoms with E-state index in [1.807, 2.05) is 30.5 Å². The molecule has 36 heavy (non-hydrogen) atoms. The van der Waals surface area contributed by atoms with E-state index in [2.05, 4.69) is 15.6 Å². The molecule has 1 aromatic carbocycles. The second-order valence-electron chi connectivity index (χ2n) is 8.78. The van der Waals surface area contributed by atoms with E-state index in [1.165, 1.54) is 11.8 Å². The van der Waals surface area contributed by atoms with Crippen molar-refractivity contribution in [3.8, 4) is 0 Å². The van der Waals surface area contributed by atoms with Crippen LogP contribution in [0.2, 0.25) is 0 Å². The third kappa shape index (κ3) is 6.56. The largest absolute Gasteiger partial charge is 0.480 e. The lowest BCUT2D eigenvalue weighted by molar-refractivity contribution is -0.150. The molecule has 0 bridgehead atoms. The SMILES string of the molecule is CSCCC(NC(=O)C(N)Cc1c[nH]c2ccccc12)C(=O)NC(CO)C(=O)N1CCCC1C(=O)O. The van der Waals surface area contributed by atoms with Gasteiger partial charge in [0, 0.05) is 23.6 Å². The number of likely N-dealkylation sites (tertiary alicyclic amines) is 1. The van der Waals surface area contributed by atoms with Crippen LogP contribution in [0, 0.1) is 0 Å². The molecule has 1 saturated heterocycles. The molecule has 1 fully saturated rings. The summed E-state index contributed by atoms with van der Waals surface area (Å²) in [5, 5.41) is 25.2. The molecule has 0 saturated carbocycles. The fourth-order valence-corrected chi connectivity index (χ4v) is 4.83. The van der Waals surface area contributed by atoms with E-state index in [0.29, 0.717) is 18.6 Å². The van der Waals surface area contributed by atoms with Gasteiger partial charge in [-0.1, -0.05) is 18.2 Å². The topological polar surface area (TPSA) is 178 Å². The minimum Gasteiger partial charge on any atom is -0.480 e. The molecule has 12 heteroatoms. The first-order valence-corrected chi connectivity index (χ1v) is 13.2. The van der Waals surface area contributed by atoms with Crippen LogP contribution < -0.4 is 16.4 Å². The second kappa shape index (κ2) is 12.7. The number of para-hydroxylation sites is 1. The predicted octanol–water partition coefficient (Wildman–Crippen LogP) is -0.172. The summed E-state index contributed by atoms with van der Waals surface area (Å²) in [4.78, 5) is 54.5. The first kappa shape index (κ1) is 27.5. The Morgan fingerprint density at radius 1 is 1.19 bits per heavy atom. The fraction of sp³-hybridized carbons (Fsp3) is 0.500. The first-order chi connectivity index (χ1) is 17.3. The number of nitrogens with zero attached hydrogens (tertiary/aromatic N) is 1. The van der Waals surface area contributed by atoms with Crippen molar-refractivity contribution in [3.63, 3.8) is 0 Å².